The summed E-state index contributed by atoms with van der Waals surface area (Å²) in [6.45, 7) is 3.43. The predicted molar refractivity (Wildman–Crippen MR) is 65.0 cm³/mol. The fourth-order valence-corrected chi connectivity index (χ4v) is 2.05. The smallest absolute Gasteiger partial charge is 0.157 e. The number of ether oxygens (including phenoxy) is 1. The maximum absolute atomic E-state index is 9.35. The molecule has 0 bridgehead atoms. The Hall–Kier alpha value is -1.26. The standard InChI is InChI=1S/C13H19NO3/c15-12-2-1-11(7-13(12)16)9-14-8-10-3-5-17-6-4-10/h1-2,7,10,14-16H,3-6,8-9H2. The highest BCUT2D eigenvalue weighted by molar-refractivity contribution is 5.40. The topological polar surface area (TPSA) is 61.7 Å². The Labute approximate surface area is 101 Å². The second-order valence-corrected chi connectivity index (χ2v) is 4.51. The summed E-state index contributed by atoms with van der Waals surface area (Å²) >= 11 is 0. The predicted octanol–water partition coefficient (Wildman–Crippen LogP) is 1.61. The quantitative estimate of drug-likeness (QED) is 0.696. The van der Waals surface area contributed by atoms with Crippen LogP contribution in [-0.4, -0.2) is 30.0 Å². The molecule has 1 aliphatic heterocycles. The molecular weight excluding hydrogens is 218 g/mol. The van der Waals surface area contributed by atoms with Gasteiger partial charge in [0.25, 0.3) is 0 Å². The van der Waals surface area contributed by atoms with Gasteiger partial charge in [0, 0.05) is 19.8 Å². The van der Waals surface area contributed by atoms with Gasteiger partial charge in [-0.1, -0.05) is 6.07 Å². The molecule has 1 aliphatic rings. The second kappa shape index (κ2) is 5.89. The van der Waals surface area contributed by atoms with Crippen LogP contribution in [-0.2, 0) is 11.3 Å². The molecule has 0 saturated carbocycles. The van der Waals surface area contributed by atoms with Crippen LogP contribution in [0.5, 0.6) is 11.5 Å². The first-order valence-electron chi connectivity index (χ1n) is 6.05. The van der Waals surface area contributed by atoms with Crippen LogP contribution in [0.25, 0.3) is 0 Å². The molecule has 1 aromatic rings. The van der Waals surface area contributed by atoms with Crippen LogP contribution in [0.1, 0.15) is 18.4 Å². The monoisotopic (exact) mass is 237 g/mol. The highest BCUT2D eigenvalue weighted by Crippen LogP contribution is 2.24. The molecule has 0 aliphatic carbocycles. The lowest BCUT2D eigenvalue weighted by molar-refractivity contribution is 0.0662. The summed E-state index contributed by atoms with van der Waals surface area (Å²) in [6.07, 6.45) is 2.24. The molecule has 0 radical (unpaired) electrons. The largest absolute Gasteiger partial charge is 0.504 e. The Morgan fingerprint density at radius 2 is 1.94 bits per heavy atom. The van der Waals surface area contributed by atoms with E-state index in [1.807, 2.05) is 6.07 Å². The minimum absolute atomic E-state index is 0.0598. The number of benzene rings is 1. The Morgan fingerprint density at radius 3 is 2.65 bits per heavy atom. The third kappa shape index (κ3) is 3.61. The Kier molecular flexibility index (Phi) is 4.23. The summed E-state index contributed by atoms with van der Waals surface area (Å²) in [6, 6.07) is 4.92. The fourth-order valence-electron chi connectivity index (χ4n) is 2.05. The third-order valence-corrected chi connectivity index (χ3v) is 3.14. The van der Waals surface area contributed by atoms with Gasteiger partial charge in [-0.2, -0.15) is 0 Å². The van der Waals surface area contributed by atoms with E-state index in [4.69, 9.17) is 4.74 Å². The molecule has 0 spiro atoms. The van der Waals surface area contributed by atoms with Crippen LogP contribution >= 0.6 is 0 Å². The molecule has 17 heavy (non-hydrogen) atoms. The molecule has 2 rings (SSSR count). The highest BCUT2D eigenvalue weighted by atomic mass is 16.5. The first-order valence-corrected chi connectivity index (χ1v) is 6.05. The van der Waals surface area contributed by atoms with E-state index >= 15 is 0 Å². The van der Waals surface area contributed by atoms with Crippen LogP contribution in [0.4, 0.5) is 0 Å². The van der Waals surface area contributed by atoms with Crippen molar-refractivity contribution in [2.75, 3.05) is 19.8 Å². The molecule has 1 fully saturated rings. The van der Waals surface area contributed by atoms with Gasteiger partial charge in [0.05, 0.1) is 0 Å². The molecular formula is C13H19NO3. The van der Waals surface area contributed by atoms with Gasteiger partial charge in [0.2, 0.25) is 0 Å². The third-order valence-electron chi connectivity index (χ3n) is 3.14. The van der Waals surface area contributed by atoms with Crippen LogP contribution in [0, 0.1) is 5.92 Å². The van der Waals surface area contributed by atoms with E-state index in [0.717, 1.165) is 38.2 Å². The fraction of sp³-hybridized carbons (Fsp3) is 0.538. The summed E-state index contributed by atoms with van der Waals surface area (Å²) in [4.78, 5) is 0. The zero-order chi connectivity index (χ0) is 12.1. The molecule has 1 saturated heterocycles. The summed E-state index contributed by atoms with van der Waals surface area (Å²) in [5.74, 6) is 0.558. The second-order valence-electron chi connectivity index (χ2n) is 4.51. The van der Waals surface area contributed by atoms with Crippen LogP contribution in [0.3, 0.4) is 0 Å². The SMILES string of the molecule is Oc1ccc(CNCC2CCOCC2)cc1O. The number of phenols is 2. The number of aromatic hydroxyl groups is 2. The van der Waals surface area contributed by atoms with E-state index in [9.17, 15) is 10.2 Å². The lowest BCUT2D eigenvalue weighted by Crippen LogP contribution is -2.27. The zero-order valence-corrected chi connectivity index (χ0v) is 9.85. The van der Waals surface area contributed by atoms with Gasteiger partial charge >= 0.3 is 0 Å². The number of rotatable bonds is 4. The van der Waals surface area contributed by atoms with Crippen molar-refractivity contribution >= 4 is 0 Å². The van der Waals surface area contributed by atoms with Crippen molar-refractivity contribution in [2.45, 2.75) is 19.4 Å². The lowest BCUT2D eigenvalue weighted by atomic mass is 10.0. The zero-order valence-electron chi connectivity index (χ0n) is 9.85. The summed E-state index contributed by atoms with van der Waals surface area (Å²) in [5, 5.41) is 21.9. The lowest BCUT2D eigenvalue weighted by Gasteiger charge is -2.22. The number of nitrogens with one attached hydrogen (secondary N) is 1. The van der Waals surface area contributed by atoms with E-state index in [2.05, 4.69) is 5.32 Å². The number of hydrogen-bond acceptors (Lipinski definition) is 4. The van der Waals surface area contributed by atoms with Crippen molar-refractivity contribution in [3.8, 4) is 11.5 Å². The highest BCUT2D eigenvalue weighted by Gasteiger charge is 2.12. The molecule has 1 heterocycles. The van der Waals surface area contributed by atoms with Gasteiger partial charge in [-0.25, -0.2) is 0 Å². The molecule has 94 valence electrons. The molecule has 0 aromatic heterocycles. The first-order chi connectivity index (χ1) is 8.25. The van der Waals surface area contributed by atoms with E-state index in [1.165, 1.54) is 6.07 Å². The van der Waals surface area contributed by atoms with Gasteiger partial charge in [-0.3, -0.25) is 0 Å². The van der Waals surface area contributed by atoms with Crippen molar-refractivity contribution in [1.29, 1.82) is 0 Å². The van der Waals surface area contributed by atoms with Crippen LogP contribution in [0.2, 0.25) is 0 Å². The van der Waals surface area contributed by atoms with Gasteiger partial charge in [0.15, 0.2) is 11.5 Å². The molecule has 1 aromatic carbocycles. The average Bonchev–Trinajstić information content (AvgIpc) is 2.35. The van der Waals surface area contributed by atoms with Crippen molar-refractivity contribution in [2.24, 2.45) is 5.92 Å². The van der Waals surface area contributed by atoms with E-state index < -0.39 is 0 Å². The van der Waals surface area contributed by atoms with E-state index in [-0.39, 0.29) is 11.5 Å². The Bertz CT molecular complexity index is 362. The minimum Gasteiger partial charge on any atom is -0.504 e. The normalized spacial score (nSPS) is 17.2. The summed E-state index contributed by atoms with van der Waals surface area (Å²) < 4.78 is 5.30. The van der Waals surface area contributed by atoms with Crippen LogP contribution in [0.15, 0.2) is 18.2 Å². The molecule has 0 amide bonds. The maximum atomic E-state index is 9.35. The maximum Gasteiger partial charge on any atom is 0.157 e. The van der Waals surface area contributed by atoms with Crippen molar-refractivity contribution in [1.82, 2.24) is 5.32 Å². The van der Waals surface area contributed by atoms with Gasteiger partial charge in [0.1, 0.15) is 0 Å². The van der Waals surface area contributed by atoms with E-state index in [1.54, 1.807) is 6.07 Å². The molecule has 4 nitrogen and oxygen atoms in total. The Morgan fingerprint density at radius 1 is 1.18 bits per heavy atom. The van der Waals surface area contributed by atoms with Gasteiger partial charge < -0.3 is 20.3 Å². The minimum atomic E-state index is -0.0711. The molecule has 3 N–H and O–H groups in total. The average molecular weight is 237 g/mol. The number of phenolic OH excluding ortho intramolecular Hbond substituents is 2. The molecule has 4 heteroatoms. The first kappa shape index (κ1) is 12.2. The van der Waals surface area contributed by atoms with Gasteiger partial charge in [-0.05, 0) is 43.0 Å². The van der Waals surface area contributed by atoms with Crippen molar-refractivity contribution < 1.29 is 14.9 Å². The van der Waals surface area contributed by atoms with Gasteiger partial charge in [-0.15, -0.1) is 0 Å². The number of hydrogen-bond donors (Lipinski definition) is 3. The summed E-state index contributed by atoms with van der Waals surface area (Å²) in [7, 11) is 0. The van der Waals surface area contributed by atoms with Crippen LogP contribution < -0.4 is 5.32 Å². The van der Waals surface area contributed by atoms with E-state index in [0.29, 0.717) is 12.5 Å². The molecule has 0 unspecified atom stereocenters. The molecule has 0 atom stereocenters. The Balaban J connectivity index is 1.75. The van der Waals surface area contributed by atoms with Crippen molar-refractivity contribution in [3.63, 3.8) is 0 Å². The van der Waals surface area contributed by atoms with Crippen molar-refractivity contribution in [3.05, 3.63) is 23.8 Å². The summed E-state index contributed by atoms with van der Waals surface area (Å²) in [5.41, 5.74) is 0.979.